The van der Waals surface area contributed by atoms with Crippen LogP contribution in [0.1, 0.15) is 25.3 Å². The van der Waals surface area contributed by atoms with Gasteiger partial charge in [-0.05, 0) is 37.5 Å². The van der Waals surface area contributed by atoms with Crippen molar-refractivity contribution in [2.45, 2.75) is 38.4 Å². The van der Waals surface area contributed by atoms with Gasteiger partial charge in [0.25, 0.3) is 0 Å². The zero-order valence-corrected chi connectivity index (χ0v) is 9.97. The number of nitrogens with zero attached hydrogens (tertiary/aromatic N) is 1. The summed E-state index contributed by atoms with van der Waals surface area (Å²) in [5, 5.41) is 9.09. The molecule has 2 rings (SSSR count). The summed E-state index contributed by atoms with van der Waals surface area (Å²) in [6.07, 6.45) is 2.21. The molecule has 0 spiro atoms. The van der Waals surface area contributed by atoms with Gasteiger partial charge in [-0.1, -0.05) is 12.1 Å². The van der Waals surface area contributed by atoms with E-state index >= 15 is 0 Å². The number of anilines is 1. The predicted octanol–water partition coefficient (Wildman–Crippen LogP) is 1.71. The fourth-order valence-corrected chi connectivity index (χ4v) is 1.96. The van der Waals surface area contributed by atoms with Crippen LogP contribution in [0, 0.1) is 0 Å². The van der Waals surface area contributed by atoms with Crippen molar-refractivity contribution in [2.24, 2.45) is 0 Å². The quantitative estimate of drug-likeness (QED) is 0.761. The highest BCUT2D eigenvalue weighted by molar-refractivity contribution is 5.73. The summed E-state index contributed by atoms with van der Waals surface area (Å²) in [7, 11) is 0. The molecular weight excluding hydrogens is 216 g/mol. The van der Waals surface area contributed by atoms with Gasteiger partial charge in [-0.2, -0.15) is 0 Å². The van der Waals surface area contributed by atoms with Gasteiger partial charge in [0, 0.05) is 18.3 Å². The fraction of sp³-hybridized carbons (Fsp3) is 0.462. The van der Waals surface area contributed by atoms with Gasteiger partial charge in [0.15, 0.2) is 0 Å². The highest BCUT2D eigenvalue weighted by Gasteiger charge is 2.34. The van der Waals surface area contributed by atoms with Crippen LogP contribution in [0.4, 0.5) is 5.69 Å². The molecule has 0 saturated heterocycles. The second kappa shape index (κ2) is 4.75. The third-order valence-electron chi connectivity index (χ3n) is 3.22. The van der Waals surface area contributed by atoms with E-state index in [-0.39, 0.29) is 0 Å². The molecule has 1 unspecified atom stereocenters. The van der Waals surface area contributed by atoms with Crippen LogP contribution in [0.5, 0.6) is 0 Å². The summed E-state index contributed by atoms with van der Waals surface area (Å²) in [6, 6.07) is 7.62. The molecule has 1 fully saturated rings. The lowest BCUT2D eigenvalue weighted by Gasteiger charge is -2.26. The lowest BCUT2D eigenvalue weighted by atomic mass is 10.1. The second-order valence-corrected chi connectivity index (χ2v) is 4.66. The zero-order chi connectivity index (χ0) is 12.4. The van der Waals surface area contributed by atoms with E-state index in [0.29, 0.717) is 12.6 Å². The minimum absolute atomic E-state index is 0.429. The van der Waals surface area contributed by atoms with Crippen molar-refractivity contribution in [3.05, 3.63) is 29.8 Å². The normalized spacial score (nSPS) is 17.1. The number of carbonyl (C=O) groups is 1. The molecule has 4 nitrogen and oxygen atoms in total. The Morgan fingerprint density at radius 3 is 2.53 bits per heavy atom. The SMILES string of the molecule is CC(C(=O)O)N(Cc1ccc(N)cc1)C1CC1. The first-order chi connectivity index (χ1) is 8.08. The number of hydrogen-bond acceptors (Lipinski definition) is 3. The predicted molar refractivity (Wildman–Crippen MR) is 66.5 cm³/mol. The Bertz CT molecular complexity index is 398. The van der Waals surface area contributed by atoms with E-state index in [1.54, 1.807) is 6.92 Å². The maximum absolute atomic E-state index is 11.1. The van der Waals surface area contributed by atoms with Gasteiger partial charge in [-0.3, -0.25) is 9.69 Å². The van der Waals surface area contributed by atoms with Crippen molar-refractivity contribution in [1.29, 1.82) is 0 Å². The molecule has 0 bridgehead atoms. The largest absolute Gasteiger partial charge is 0.480 e. The van der Waals surface area contributed by atoms with E-state index in [4.69, 9.17) is 10.8 Å². The molecule has 1 aromatic rings. The molecule has 1 aliphatic rings. The summed E-state index contributed by atoms with van der Waals surface area (Å²) in [6.45, 7) is 2.43. The third-order valence-corrected chi connectivity index (χ3v) is 3.22. The van der Waals surface area contributed by atoms with Crippen LogP contribution in [0.15, 0.2) is 24.3 Å². The molecule has 0 aromatic heterocycles. The second-order valence-electron chi connectivity index (χ2n) is 4.66. The minimum atomic E-state index is -0.757. The molecule has 1 aliphatic carbocycles. The Balaban J connectivity index is 2.07. The number of nitrogen functional groups attached to an aromatic ring is 1. The van der Waals surface area contributed by atoms with Gasteiger partial charge in [-0.15, -0.1) is 0 Å². The van der Waals surface area contributed by atoms with Crippen molar-refractivity contribution in [2.75, 3.05) is 5.73 Å². The third kappa shape index (κ3) is 2.97. The molecule has 4 heteroatoms. The highest BCUT2D eigenvalue weighted by Crippen LogP contribution is 2.30. The van der Waals surface area contributed by atoms with Gasteiger partial charge in [-0.25, -0.2) is 0 Å². The average molecular weight is 234 g/mol. The van der Waals surface area contributed by atoms with Crippen LogP contribution < -0.4 is 5.73 Å². The summed E-state index contributed by atoms with van der Waals surface area (Å²) in [5.74, 6) is -0.757. The molecule has 1 aromatic carbocycles. The average Bonchev–Trinajstić information content (AvgIpc) is 3.11. The Kier molecular flexibility index (Phi) is 3.33. The maximum atomic E-state index is 11.1. The molecule has 0 heterocycles. The molecule has 1 saturated carbocycles. The van der Waals surface area contributed by atoms with Gasteiger partial charge in [0.1, 0.15) is 6.04 Å². The minimum Gasteiger partial charge on any atom is -0.480 e. The number of benzene rings is 1. The lowest BCUT2D eigenvalue weighted by Crippen LogP contribution is -2.39. The molecular formula is C13H18N2O2. The number of aliphatic carboxylic acids is 1. The van der Waals surface area contributed by atoms with Crippen LogP contribution >= 0.6 is 0 Å². The monoisotopic (exact) mass is 234 g/mol. The molecule has 17 heavy (non-hydrogen) atoms. The summed E-state index contributed by atoms with van der Waals surface area (Å²) in [5.41, 5.74) is 7.47. The molecule has 1 atom stereocenters. The van der Waals surface area contributed by atoms with Crippen LogP contribution in [0.25, 0.3) is 0 Å². The summed E-state index contributed by atoms with van der Waals surface area (Å²) in [4.78, 5) is 13.1. The van der Waals surface area contributed by atoms with Gasteiger partial charge >= 0.3 is 5.97 Å². The standard InChI is InChI=1S/C13H18N2O2/c1-9(13(16)17)15(12-6-7-12)8-10-2-4-11(14)5-3-10/h2-5,9,12H,6-8,14H2,1H3,(H,16,17). The van der Waals surface area contributed by atoms with Crippen molar-refractivity contribution in [1.82, 2.24) is 4.90 Å². The van der Waals surface area contributed by atoms with E-state index in [1.165, 1.54) is 0 Å². The summed E-state index contributed by atoms with van der Waals surface area (Å²) >= 11 is 0. The molecule has 0 amide bonds. The fourth-order valence-electron chi connectivity index (χ4n) is 1.96. The van der Waals surface area contributed by atoms with Crippen molar-refractivity contribution < 1.29 is 9.90 Å². The molecule has 3 N–H and O–H groups in total. The van der Waals surface area contributed by atoms with Crippen LogP contribution in [-0.2, 0) is 11.3 Å². The molecule has 0 radical (unpaired) electrons. The Labute approximate surface area is 101 Å². The topological polar surface area (TPSA) is 66.6 Å². The highest BCUT2D eigenvalue weighted by atomic mass is 16.4. The van der Waals surface area contributed by atoms with Gasteiger partial charge < -0.3 is 10.8 Å². The first kappa shape index (κ1) is 11.9. The lowest BCUT2D eigenvalue weighted by molar-refractivity contribution is -0.143. The number of carboxylic acids is 1. The van der Waals surface area contributed by atoms with E-state index in [2.05, 4.69) is 0 Å². The summed E-state index contributed by atoms with van der Waals surface area (Å²) < 4.78 is 0. The maximum Gasteiger partial charge on any atom is 0.320 e. The van der Waals surface area contributed by atoms with Crippen LogP contribution in [-0.4, -0.2) is 28.1 Å². The number of hydrogen-bond donors (Lipinski definition) is 2. The first-order valence-corrected chi connectivity index (χ1v) is 5.91. The Morgan fingerprint density at radius 2 is 2.06 bits per heavy atom. The smallest absolute Gasteiger partial charge is 0.320 e. The van der Waals surface area contributed by atoms with Crippen molar-refractivity contribution in [3.8, 4) is 0 Å². The van der Waals surface area contributed by atoms with Gasteiger partial charge in [0.05, 0.1) is 0 Å². The molecule has 0 aliphatic heterocycles. The van der Waals surface area contributed by atoms with Crippen LogP contribution in [0.2, 0.25) is 0 Å². The Hall–Kier alpha value is -1.55. The van der Waals surface area contributed by atoms with E-state index in [9.17, 15) is 4.79 Å². The first-order valence-electron chi connectivity index (χ1n) is 5.91. The van der Waals surface area contributed by atoms with E-state index in [1.807, 2.05) is 29.2 Å². The van der Waals surface area contributed by atoms with Crippen molar-refractivity contribution in [3.63, 3.8) is 0 Å². The van der Waals surface area contributed by atoms with E-state index in [0.717, 1.165) is 24.1 Å². The zero-order valence-electron chi connectivity index (χ0n) is 9.97. The number of carboxylic acid groups (broad SMARTS) is 1. The van der Waals surface area contributed by atoms with Crippen molar-refractivity contribution >= 4 is 11.7 Å². The number of rotatable bonds is 5. The number of nitrogens with two attached hydrogens (primary N) is 1. The molecule has 92 valence electrons. The Morgan fingerprint density at radius 1 is 1.47 bits per heavy atom. The van der Waals surface area contributed by atoms with Crippen LogP contribution in [0.3, 0.4) is 0 Å². The van der Waals surface area contributed by atoms with Gasteiger partial charge in [0.2, 0.25) is 0 Å². The van der Waals surface area contributed by atoms with E-state index < -0.39 is 12.0 Å².